The maximum atomic E-state index is 12.1. The van der Waals surface area contributed by atoms with Crippen LogP contribution in [0.2, 0.25) is 0 Å². The molecule has 0 aromatic rings. The molecule has 0 N–H and O–H groups in total. The lowest BCUT2D eigenvalue weighted by Gasteiger charge is -2.20. The normalized spacial score (nSPS) is 29.8. The quantitative estimate of drug-likeness (QED) is 0.505. The van der Waals surface area contributed by atoms with Crippen LogP contribution in [0.3, 0.4) is 0 Å². The van der Waals surface area contributed by atoms with Crippen molar-refractivity contribution in [2.24, 2.45) is 0 Å². The summed E-state index contributed by atoms with van der Waals surface area (Å²) < 4.78 is 48.4. The molecule has 1 aliphatic rings. The summed E-state index contributed by atoms with van der Waals surface area (Å²) in [4.78, 5) is 0. The van der Waals surface area contributed by atoms with Crippen LogP contribution in [-0.4, -0.2) is 20.3 Å². The molecule has 1 aliphatic heterocycles. The van der Waals surface area contributed by atoms with E-state index in [1.54, 1.807) is 0 Å². The molecule has 1 rings (SSSR count). The molecule has 0 atom stereocenters. The standard InChI is InChI=1S/C4H6F2O3S/c5-4(6)2-1-3-10(7,8)9-4/h1-3H2. The molecule has 6 heteroatoms. The van der Waals surface area contributed by atoms with E-state index in [2.05, 4.69) is 4.18 Å². The van der Waals surface area contributed by atoms with Crippen LogP contribution < -0.4 is 0 Å². The molecule has 0 spiro atoms. The zero-order chi connectivity index (χ0) is 7.83. The van der Waals surface area contributed by atoms with Crippen LogP contribution in [0.1, 0.15) is 12.8 Å². The molecule has 0 aliphatic carbocycles. The van der Waals surface area contributed by atoms with Gasteiger partial charge in [-0.2, -0.15) is 17.2 Å². The third kappa shape index (κ3) is 1.88. The van der Waals surface area contributed by atoms with Crippen molar-refractivity contribution in [2.45, 2.75) is 19.0 Å². The molecule has 1 saturated heterocycles. The minimum atomic E-state index is -3.94. The smallest absolute Gasteiger partial charge is 0.200 e. The van der Waals surface area contributed by atoms with Crippen LogP contribution in [0.15, 0.2) is 0 Å². The summed E-state index contributed by atoms with van der Waals surface area (Å²) >= 11 is 0. The predicted molar refractivity (Wildman–Crippen MR) is 29.1 cm³/mol. The van der Waals surface area contributed by atoms with Crippen LogP contribution in [0, 0.1) is 0 Å². The van der Waals surface area contributed by atoms with Gasteiger partial charge in [0.2, 0.25) is 0 Å². The molecule has 0 aromatic carbocycles. The topological polar surface area (TPSA) is 43.4 Å². The zero-order valence-electron chi connectivity index (χ0n) is 5.01. The van der Waals surface area contributed by atoms with Gasteiger partial charge in [-0.3, -0.25) is 0 Å². The molecular formula is C4H6F2O3S. The Labute approximate surface area is 57.1 Å². The van der Waals surface area contributed by atoms with E-state index >= 15 is 0 Å². The molecule has 1 heterocycles. The van der Waals surface area contributed by atoms with Gasteiger partial charge in [0.15, 0.2) is 0 Å². The van der Waals surface area contributed by atoms with Crippen molar-refractivity contribution in [3.8, 4) is 0 Å². The summed E-state index contributed by atoms with van der Waals surface area (Å²) in [6.07, 6.45) is -4.02. The number of hydrogen-bond donors (Lipinski definition) is 0. The molecule has 0 bridgehead atoms. The average molecular weight is 172 g/mol. The Morgan fingerprint density at radius 2 is 2.00 bits per heavy atom. The second-order valence-corrected chi connectivity index (χ2v) is 3.78. The Morgan fingerprint density at radius 1 is 1.40 bits per heavy atom. The third-order valence-corrected chi connectivity index (χ3v) is 2.40. The van der Waals surface area contributed by atoms with Gasteiger partial charge in [0.1, 0.15) is 0 Å². The largest absolute Gasteiger partial charge is 0.369 e. The predicted octanol–water partition coefficient (Wildman–Crippen LogP) is 0.719. The lowest BCUT2D eigenvalue weighted by Crippen LogP contribution is -2.32. The number of hydrogen-bond acceptors (Lipinski definition) is 3. The van der Waals surface area contributed by atoms with Crippen molar-refractivity contribution in [3.05, 3.63) is 0 Å². The van der Waals surface area contributed by atoms with Crippen LogP contribution in [0.5, 0.6) is 0 Å². The van der Waals surface area contributed by atoms with Crippen LogP contribution in [0.4, 0.5) is 8.78 Å². The Kier molecular flexibility index (Phi) is 1.68. The monoisotopic (exact) mass is 172 g/mol. The van der Waals surface area contributed by atoms with Gasteiger partial charge in [0.05, 0.1) is 5.75 Å². The summed E-state index contributed by atoms with van der Waals surface area (Å²) in [7, 11) is -3.94. The van der Waals surface area contributed by atoms with E-state index in [4.69, 9.17) is 0 Å². The van der Waals surface area contributed by atoms with Crippen molar-refractivity contribution in [2.75, 3.05) is 5.75 Å². The molecule has 10 heavy (non-hydrogen) atoms. The number of alkyl halides is 2. The Hall–Kier alpha value is -0.230. The lowest BCUT2D eigenvalue weighted by molar-refractivity contribution is -0.182. The van der Waals surface area contributed by atoms with Crippen LogP contribution in [-0.2, 0) is 14.3 Å². The van der Waals surface area contributed by atoms with E-state index in [0.29, 0.717) is 0 Å². The first kappa shape index (κ1) is 7.87. The van der Waals surface area contributed by atoms with Gasteiger partial charge in [-0.1, -0.05) is 0 Å². The third-order valence-electron chi connectivity index (χ3n) is 1.11. The van der Waals surface area contributed by atoms with Crippen molar-refractivity contribution < 1.29 is 21.4 Å². The fraction of sp³-hybridized carbons (Fsp3) is 1.00. The molecular weight excluding hydrogens is 166 g/mol. The van der Waals surface area contributed by atoms with Crippen molar-refractivity contribution in [1.29, 1.82) is 0 Å². The van der Waals surface area contributed by atoms with Gasteiger partial charge in [-0.15, -0.1) is 0 Å². The van der Waals surface area contributed by atoms with Crippen molar-refractivity contribution in [1.82, 2.24) is 0 Å². The zero-order valence-corrected chi connectivity index (χ0v) is 5.83. The molecule has 3 nitrogen and oxygen atoms in total. The summed E-state index contributed by atoms with van der Waals surface area (Å²) in [5.41, 5.74) is 0. The first-order valence-electron chi connectivity index (χ1n) is 2.72. The molecule has 1 fully saturated rings. The molecule has 0 amide bonds. The van der Waals surface area contributed by atoms with Crippen molar-refractivity contribution in [3.63, 3.8) is 0 Å². The van der Waals surface area contributed by atoms with Gasteiger partial charge >= 0.3 is 6.11 Å². The first-order valence-corrected chi connectivity index (χ1v) is 4.30. The van der Waals surface area contributed by atoms with Gasteiger partial charge in [-0.25, -0.2) is 4.18 Å². The van der Waals surface area contributed by atoms with Crippen LogP contribution >= 0.6 is 0 Å². The van der Waals surface area contributed by atoms with E-state index in [9.17, 15) is 17.2 Å². The fourth-order valence-electron chi connectivity index (χ4n) is 0.724. The fourth-order valence-corrected chi connectivity index (χ4v) is 1.76. The second kappa shape index (κ2) is 2.13. The summed E-state index contributed by atoms with van der Waals surface area (Å²) in [6, 6.07) is 0. The Balaban J connectivity index is 2.75. The maximum Gasteiger partial charge on any atom is 0.369 e. The lowest BCUT2D eigenvalue weighted by atomic mass is 10.3. The molecule has 0 aromatic heterocycles. The SMILES string of the molecule is O=S1(=O)CCCC(F)(F)O1. The van der Waals surface area contributed by atoms with E-state index in [0.717, 1.165) is 0 Å². The van der Waals surface area contributed by atoms with E-state index in [-0.39, 0.29) is 12.2 Å². The van der Waals surface area contributed by atoms with Crippen molar-refractivity contribution >= 4 is 10.1 Å². The second-order valence-electron chi connectivity index (χ2n) is 2.09. The minimum Gasteiger partial charge on any atom is -0.200 e. The first-order chi connectivity index (χ1) is 4.41. The number of halogens is 2. The van der Waals surface area contributed by atoms with E-state index < -0.39 is 22.6 Å². The number of rotatable bonds is 0. The van der Waals surface area contributed by atoms with Gasteiger partial charge in [0.25, 0.3) is 10.1 Å². The Morgan fingerprint density at radius 3 is 2.30 bits per heavy atom. The maximum absolute atomic E-state index is 12.1. The highest BCUT2D eigenvalue weighted by molar-refractivity contribution is 7.86. The Bertz CT molecular complexity index is 221. The molecule has 0 saturated carbocycles. The van der Waals surface area contributed by atoms with E-state index in [1.165, 1.54) is 0 Å². The summed E-state index contributed by atoms with van der Waals surface area (Å²) in [5, 5.41) is 0. The highest BCUT2D eigenvalue weighted by Crippen LogP contribution is 2.29. The summed E-state index contributed by atoms with van der Waals surface area (Å²) in [6.45, 7) is 0. The average Bonchev–Trinajstić information content (AvgIpc) is 1.56. The highest BCUT2D eigenvalue weighted by Gasteiger charge is 2.40. The minimum absolute atomic E-state index is 0.0324. The van der Waals surface area contributed by atoms with Gasteiger partial charge < -0.3 is 0 Å². The van der Waals surface area contributed by atoms with Gasteiger partial charge in [-0.05, 0) is 6.42 Å². The van der Waals surface area contributed by atoms with Gasteiger partial charge in [0, 0.05) is 6.42 Å². The molecule has 0 radical (unpaired) electrons. The molecule has 60 valence electrons. The highest BCUT2D eigenvalue weighted by atomic mass is 32.2. The van der Waals surface area contributed by atoms with Crippen LogP contribution in [0.25, 0.3) is 0 Å². The summed E-state index contributed by atoms with van der Waals surface area (Å²) in [5.74, 6) is -0.303. The van der Waals surface area contributed by atoms with E-state index in [1.807, 2.05) is 0 Å². The molecule has 0 unspecified atom stereocenters.